The van der Waals surface area contributed by atoms with Gasteiger partial charge in [0.25, 0.3) is 5.91 Å². The van der Waals surface area contributed by atoms with Crippen LogP contribution in [0, 0.1) is 17.8 Å². The van der Waals surface area contributed by atoms with Crippen LogP contribution in [-0.2, 0) is 29.1 Å². The maximum absolute atomic E-state index is 14.8. The van der Waals surface area contributed by atoms with Gasteiger partial charge in [0.05, 0.1) is 25.5 Å². The van der Waals surface area contributed by atoms with Crippen molar-refractivity contribution >= 4 is 44.6 Å². The van der Waals surface area contributed by atoms with E-state index in [2.05, 4.69) is 27.3 Å². The molecule has 0 unspecified atom stereocenters. The largest absolute Gasteiger partial charge is 0.497 e. The van der Waals surface area contributed by atoms with E-state index in [1.807, 2.05) is 25.1 Å². The number of hydrogen-bond acceptors (Lipinski definition) is 11. The van der Waals surface area contributed by atoms with Crippen molar-refractivity contribution in [1.82, 2.24) is 25.2 Å². The fourth-order valence-electron chi connectivity index (χ4n) is 7.69. The molecule has 15 nitrogen and oxygen atoms in total. The van der Waals surface area contributed by atoms with Crippen LogP contribution in [0.4, 0.5) is 4.79 Å². The predicted molar refractivity (Wildman–Crippen MR) is 208 cm³/mol. The van der Waals surface area contributed by atoms with E-state index >= 15 is 0 Å². The molecule has 56 heavy (non-hydrogen) atoms. The molecular formula is C40H55N5O10S. The third-order valence-corrected chi connectivity index (χ3v) is 13.5. The van der Waals surface area contributed by atoms with Gasteiger partial charge in [-0.1, -0.05) is 26.0 Å². The van der Waals surface area contributed by atoms with E-state index in [1.165, 1.54) is 12.0 Å². The second-order valence-corrected chi connectivity index (χ2v) is 19.3. The van der Waals surface area contributed by atoms with Crippen molar-refractivity contribution in [3.05, 3.63) is 36.4 Å². The minimum atomic E-state index is -4.01. The van der Waals surface area contributed by atoms with Crippen LogP contribution in [0.2, 0.25) is 0 Å². The highest BCUT2D eigenvalue weighted by Gasteiger charge is 2.63. The van der Waals surface area contributed by atoms with Crippen molar-refractivity contribution in [3.63, 3.8) is 0 Å². The molecule has 1 aromatic heterocycles. The summed E-state index contributed by atoms with van der Waals surface area (Å²) in [6.45, 7) is 10.7. The smallest absolute Gasteiger partial charge is 0.408 e. The molecule has 3 heterocycles. The van der Waals surface area contributed by atoms with Crippen LogP contribution < -0.4 is 29.6 Å². The van der Waals surface area contributed by atoms with Crippen LogP contribution in [0.5, 0.6) is 17.5 Å². The van der Waals surface area contributed by atoms with Gasteiger partial charge in [-0.2, -0.15) is 4.98 Å². The van der Waals surface area contributed by atoms with Gasteiger partial charge in [-0.15, -0.1) is 0 Å². The number of ether oxygens (including phenoxy) is 4. The van der Waals surface area contributed by atoms with Gasteiger partial charge in [-0.05, 0) is 102 Å². The van der Waals surface area contributed by atoms with Crippen LogP contribution >= 0.6 is 0 Å². The van der Waals surface area contributed by atoms with Crippen LogP contribution in [0.25, 0.3) is 10.8 Å². The Morgan fingerprint density at radius 2 is 1.79 bits per heavy atom. The molecule has 1 aromatic carbocycles. The highest BCUT2D eigenvalue weighted by molar-refractivity contribution is 7.91. The fraction of sp³-hybridized carbons (Fsp3) is 0.625. The third-order valence-electron chi connectivity index (χ3n) is 11.4. The summed E-state index contributed by atoms with van der Waals surface area (Å²) < 4.78 is 50.6. The van der Waals surface area contributed by atoms with E-state index in [0.29, 0.717) is 36.8 Å². The number of allylic oxidation sites excluding steroid dienone is 1. The molecule has 306 valence electrons. The first-order valence-electron chi connectivity index (χ1n) is 19.3. The minimum Gasteiger partial charge on any atom is -0.497 e. The number of fused-ring (bicyclic) bond motifs is 3. The Labute approximate surface area is 328 Å². The number of methoxy groups -OCH3 is 2. The molecule has 1 saturated heterocycles. The van der Waals surface area contributed by atoms with Crippen LogP contribution in [0.3, 0.4) is 0 Å². The minimum absolute atomic E-state index is 0.00657. The Hall–Kier alpha value is -4.60. The van der Waals surface area contributed by atoms with Gasteiger partial charge in [0.1, 0.15) is 35.1 Å². The summed E-state index contributed by atoms with van der Waals surface area (Å²) in [5.74, 6) is -1.54. The molecule has 0 spiro atoms. The number of aromatic nitrogens is 1. The van der Waals surface area contributed by atoms with Gasteiger partial charge < -0.3 is 34.5 Å². The summed E-state index contributed by atoms with van der Waals surface area (Å²) in [6.07, 6.45) is 5.35. The van der Waals surface area contributed by atoms with Crippen molar-refractivity contribution < 1.29 is 46.5 Å². The molecule has 3 fully saturated rings. The zero-order valence-corrected chi connectivity index (χ0v) is 34.3. The average Bonchev–Trinajstić information content (AvgIpc) is 4.00. The molecule has 0 bridgehead atoms. The lowest BCUT2D eigenvalue weighted by Crippen LogP contribution is -2.59. The van der Waals surface area contributed by atoms with E-state index in [4.69, 9.17) is 18.9 Å². The van der Waals surface area contributed by atoms with E-state index in [-0.39, 0.29) is 43.0 Å². The van der Waals surface area contributed by atoms with E-state index < -0.39 is 73.8 Å². The molecular weight excluding hydrogens is 743 g/mol. The first kappa shape index (κ1) is 41.0. The summed E-state index contributed by atoms with van der Waals surface area (Å²) in [5.41, 5.74) is -2.38. The van der Waals surface area contributed by atoms with Crippen molar-refractivity contribution in [2.75, 3.05) is 20.8 Å². The monoisotopic (exact) mass is 797 g/mol. The molecule has 4 aliphatic rings. The fourth-order valence-corrected chi connectivity index (χ4v) is 9.00. The Morgan fingerprint density at radius 1 is 1.05 bits per heavy atom. The zero-order valence-electron chi connectivity index (χ0n) is 33.5. The molecule has 6 rings (SSSR count). The lowest BCUT2D eigenvalue weighted by Gasteiger charge is -2.33. The van der Waals surface area contributed by atoms with Gasteiger partial charge in [0.2, 0.25) is 33.6 Å². The number of hydrogen-bond donors (Lipinski definition) is 3. The number of alkyl carbamates (subject to hydrolysis) is 1. The molecule has 16 heteroatoms. The molecule has 3 N–H and O–H groups in total. The number of carbonyl (C=O) groups excluding carboxylic acids is 4. The molecule has 2 aromatic rings. The summed E-state index contributed by atoms with van der Waals surface area (Å²) in [6, 6.07) is 4.89. The second kappa shape index (κ2) is 15.4. The molecule has 2 aliphatic carbocycles. The Kier molecular flexibility index (Phi) is 11.3. The number of rotatable bonds is 8. The summed E-state index contributed by atoms with van der Waals surface area (Å²) in [4.78, 5) is 62.5. The number of nitrogens with one attached hydrogen (secondary N) is 3. The Bertz CT molecular complexity index is 2010. The van der Waals surface area contributed by atoms with E-state index in [0.717, 1.165) is 11.8 Å². The molecule has 4 amide bonds. The topological polar surface area (TPSA) is 192 Å². The summed E-state index contributed by atoms with van der Waals surface area (Å²) >= 11 is 0. The standard InChI is InChI=1S/C40H55N5O10S/c1-23-11-9-10-12-26-21-40(26,36(48)44-56(50,51)39(6)15-16-39)43-33(46)30-20-28(54-34-29-14-13-27(52-7)18-25(29)19-31(41-34)53-8)22-45(30)35(47)32(24(2)17-23)42-37(49)55-38(3,4)5/h10,12-14,18-19,23-24,26,28,30,32H,9,11,15-17,20-22H2,1-8H3,(H,42,49)(H,43,46)(H,44,48)/b12-10-/t23-,24+,26+,28+,30-,32-,40+/m0/s1. The van der Waals surface area contributed by atoms with E-state index in [9.17, 15) is 27.6 Å². The normalized spacial score (nSPS) is 29.7. The van der Waals surface area contributed by atoms with E-state index in [1.54, 1.807) is 53.0 Å². The van der Waals surface area contributed by atoms with Gasteiger partial charge >= 0.3 is 6.09 Å². The van der Waals surface area contributed by atoms with Crippen LogP contribution in [0.1, 0.15) is 86.5 Å². The summed E-state index contributed by atoms with van der Waals surface area (Å²) in [7, 11) is -0.967. The maximum atomic E-state index is 14.8. The Morgan fingerprint density at radius 3 is 2.45 bits per heavy atom. The first-order valence-corrected chi connectivity index (χ1v) is 20.8. The van der Waals surface area contributed by atoms with Crippen LogP contribution in [-0.4, -0.2) is 97.0 Å². The highest BCUT2D eigenvalue weighted by atomic mass is 32.2. The molecule has 0 radical (unpaired) electrons. The Balaban J connectivity index is 1.37. The maximum Gasteiger partial charge on any atom is 0.408 e. The predicted octanol–water partition coefficient (Wildman–Crippen LogP) is 4.38. The van der Waals surface area contributed by atoms with Gasteiger partial charge in [-0.3, -0.25) is 19.1 Å². The third kappa shape index (κ3) is 8.69. The highest BCUT2D eigenvalue weighted by Crippen LogP contribution is 2.47. The van der Waals surface area contributed by atoms with Crippen molar-refractivity contribution in [1.29, 1.82) is 0 Å². The van der Waals surface area contributed by atoms with Crippen molar-refractivity contribution in [2.45, 2.75) is 121 Å². The van der Waals surface area contributed by atoms with Gasteiger partial charge in [0.15, 0.2) is 0 Å². The first-order chi connectivity index (χ1) is 26.3. The molecule has 7 atom stereocenters. The van der Waals surface area contributed by atoms with Crippen molar-refractivity contribution in [2.24, 2.45) is 17.8 Å². The van der Waals surface area contributed by atoms with Crippen LogP contribution in [0.15, 0.2) is 36.4 Å². The molecule has 2 saturated carbocycles. The lowest BCUT2D eigenvalue weighted by atomic mass is 9.88. The quantitative estimate of drug-likeness (QED) is 0.322. The number of carbonyl (C=O) groups is 4. The summed E-state index contributed by atoms with van der Waals surface area (Å²) in [5, 5.41) is 7.08. The number of amides is 4. The van der Waals surface area contributed by atoms with Gasteiger partial charge in [0, 0.05) is 23.8 Å². The number of pyridine rings is 1. The number of sulfonamides is 1. The zero-order chi connectivity index (χ0) is 40.8. The average molecular weight is 798 g/mol. The van der Waals surface area contributed by atoms with Crippen molar-refractivity contribution in [3.8, 4) is 17.5 Å². The SMILES string of the molecule is COc1ccc2c(O[C@@H]3C[C@H]4C(=O)N[C@]5(C(=O)NS(=O)(=O)C6(C)CC6)C[C@H]5/C=C\CC[C@H](C)C[C@@H](C)[C@H](NC(=O)OC(C)(C)C)C(=O)N4C3)nc(OC)cc2c1. The lowest BCUT2D eigenvalue weighted by molar-refractivity contribution is -0.142. The number of nitrogens with zero attached hydrogens (tertiary/aromatic N) is 2. The molecule has 2 aliphatic heterocycles. The second-order valence-electron chi connectivity index (χ2n) is 17.1. The number of benzene rings is 1. The van der Waals surface area contributed by atoms with Gasteiger partial charge in [-0.25, -0.2) is 13.2 Å².